The number of alkyl halides is 3. The summed E-state index contributed by atoms with van der Waals surface area (Å²) in [5.41, 5.74) is 4.74. The molecule has 0 unspecified atom stereocenters. The topological polar surface area (TPSA) is 80.9 Å². The van der Waals surface area contributed by atoms with E-state index in [1.54, 1.807) is 0 Å². The number of hydrogen-bond donors (Lipinski definition) is 2. The van der Waals surface area contributed by atoms with Crippen LogP contribution in [0.4, 0.5) is 19.1 Å². The average molecular weight is 220 g/mol. The molecule has 0 aliphatic carbocycles. The first kappa shape index (κ1) is 11.2. The number of nitrogens with zero attached hydrogens (tertiary/aromatic N) is 2. The maximum absolute atomic E-state index is 11.8. The summed E-state index contributed by atoms with van der Waals surface area (Å²) in [6.45, 7) is -1.27. The van der Waals surface area contributed by atoms with E-state index in [1.165, 1.54) is 6.07 Å². The molecule has 1 aromatic rings. The van der Waals surface area contributed by atoms with Gasteiger partial charge in [0.15, 0.2) is 0 Å². The van der Waals surface area contributed by atoms with E-state index in [1.807, 2.05) is 5.32 Å². The van der Waals surface area contributed by atoms with Gasteiger partial charge in [-0.3, -0.25) is 4.79 Å². The molecular formula is C7H7F3N4O. The van der Waals surface area contributed by atoms with Gasteiger partial charge < -0.3 is 11.1 Å². The second-order valence-corrected chi connectivity index (χ2v) is 2.60. The van der Waals surface area contributed by atoms with Gasteiger partial charge in [-0.25, -0.2) is 9.97 Å². The van der Waals surface area contributed by atoms with Crippen LogP contribution in [-0.2, 0) is 0 Å². The van der Waals surface area contributed by atoms with Crippen LogP contribution in [0.3, 0.4) is 0 Å². The molecule has 1 amide bonds. The van der Waals surface area contributed by atoms with Crippen molar-refractivity contribution in [1.29, 1.82) is 0 Å². The standard InChI is InChI=1S/C7H7F3N4O/c8-7(9,10)3-13-6-12-2-1-4(14-6)5(11)15/h1-2H,3H2,(H2,11,15)(H,12,13,14). The number of halogens is 3. The molecule has 0 aliphatic rings. The van der Waals surface area contributed by atoms with Crippen molar-refractivity contribution in [3.05, 3.63) is 18.0 Å². The molecule has 5 nitrogen and oxygen atoms in total. The van der Waals surface area contributed by atoms with Crippen molar-refractivity contribution in [2.75, 3.05) is 11.9 Å². The van der Waals surface area contributed by atoms with Gasteiger partial charge in [0.1, 0.15) is 12.2 Å². The first-order chi connectivity index (χ1) is 6.88. The Morgan fingerprint density at radius 1 is 1.53 bits per heavy atom. The Balaban J connectivity index is 2.70. The number of carbonyl (C=O) groups excluding carboxylic acids is 1. The number of carbonyl (C=O) groups is 1. The van der Waals surface area contributed by atoms with E-state index >= 15 is 0 Å². The first-order valence-electron chi connectivity index (χ1n) is 3.82. The van der Waals surface area contributed by atoms with E-state index in [4.69, 9.17) is 5.73 Å². The van der Waals surface area contributed by atoms with Crippen molar-refractivity contribution in [1.82, 2.24) is 9.97 Å². The number of anilines is 1. The summed E-state index contributed by atoms with van der Waals surface area (Å²) in [5.74, 6) is -1.11. The molecule has 0 radical (unpaired) electrons. The van der Waals surface area contributed by atoms with E-state index in [9.17, 15) is 18.0 Å². The maximum Gasteiger partial charge on any atom is 0.405 e. The fraction of sp³-hybridized carbons (Fsp3) is 0.286. The van der Waals surface area contributed by atoms with Crippen LogP contribution in [0, 0.1) is 0 Å². The van der Waals surface area contributed by atoms with Crippen LogP contribution in [0.25, 0.3) is 0 Å². The summed E-state index contributed by atoms with van der Waals surface area (Å²) in [7, 11) is 0. The molecule has 1 heterocycles. The first-order valence-corrected chi connectivity index (χ1v) is 3.82. The lowest BCUT2D eigenvalue weighted by molar-refractivity contribution is -0.115. The highest BCUT2D eigenvalue weighted by molar-refractivity contribution is 5.90. The number of hydrogen-bond acceptors (Lipinski definition) is 4. The molecule has 0 fully saturated rings. The van der Waals surface area contributed by atoms with Crippen LogP contribution < -0.4 is 11.1 Å². The molecule has 3 N–H and O–H groups in total. The van der Waals surface area contributed by atoms with Crippen LogP contribution in [0.2, 0.25) is 0 Å². The molecule has 1 rings (SSSR count). The van der Waals surface area contributed by atoms with E-state index in [0.29, 0.717) is 0 Å². The predicted octanol–water partition coefficient (Wildman–Crippen LogP) is 0.550. The van der Waals surface area contributed by atoms with Crippen molar-refractivity contribution in [2.45, 2.75) is 6.18 Å². The summed E-state index contributed by atoms with van der Waals surface area (Å²) in [6.07, 6.45) is -3.22. The summed E-state index contributed by atoms with van der Waals surface area (Å²) in [4.78, 5) is 17.6. The van der Waals surface area contributed by atoms with Crippen molar-refractivity contribution in [2.24, 2.45) is 5.73 Å². The highest BCUT2D eigenvalue weighted by atomic mass is 19.4. The fourth-order valence-electron chi connectivity index (χ4n) is 0.760. The third-order valence-electron chi connectivity index (χ3n) is 1.35. The van der Waals surface area contributed by atoms with Gasteiger partial charge in [-0.2, -0.15) is 13.2 Å². The Kier molecular flexibility index (Phi) is 3.08. The lowest BCUT2D eigenvalue weighted by Gasteiger charge is -2.07. The zero-order chi connectivity index (χ0) is 11.5. The fourth-order valence-corrected chi connectivity index (χ4v) is 0.760. The third-order valence-corrected chi connectivity index (χ3v) is 1.35. The highest BCUT2D eigenvalue weighted by Crippen LogP contribution is 2.14. The maximum atomic E-state index is 11.8. The number of nitrogens with one attached hydrogen (secondary N) is 1. The Bertz CT molecular complexity index is 365. The highest BCUT2D eigenvalue weighted by Gasteiger charge is 2.27. The quantitative estimate of drug-likeness (QED) is 0.779. The minimum absolute atomic E-state index is 0.144. The van der Waals surface area contributed by atoms with Gasteiger partial charge in [0.2, 0.25) is 5.95 Å². The molecular weight excluding hydrogens is 213 g/mol. The number of rotatable bonds is 3. The summed E-state index contributed by atoms with van der Waals surface area (Å²) in [5, 5.41) is 1.92. The van der Waals surface area contributed by atoms with Crippen LogP contribution in [0.1, 0.15) is 10.5 Å². The van der Waals surface area contributed by atoms with Crippen LogP contribution in [0.5, 0.6) is 0 Å². The Labute approximate surface area is 82.5 Å². The molecule has 1 aromatic heterocycles. The number of primary amides is 1. The normalized spacial score (nSPS) is 11.1. The largest absolute Gasteiger partial charge is 0.405 e. The lowest BCUT2D eigenvalue weighted by atomic mass is 10.4. The van der Waals surface area contributed by atoms with Gasteiger partial charge in [-0.15, -0.1) is 0 Å². The minimum atomic E-state index is -4.37. The van der Waals surface area contributed by atoms with Gasteiger partial charge in [-0.1, -0.05) is 0 Å². The van der Waals surface area contributed by atoms with Crippen LogP contribution in [-0.4, -0.2) is 28.6 Å². The summed E-state index contributed by atoms with van der Waals surface area (Å²) in [6, 6.07) is 1.21. The van der Waals surface area contributed by atoms with Gasteiger partial charge in [0.25, 0.3) is 5.91 Å². The second kappa shape index (κ2) is 4.11. The molecule has 0 atom stereocenters. The summed E-state index contributed by atoms with van der Waals surface area (Å²) < 4.78 is 35.4. The van der Waals surface area contributed by atoms with Gasteiger partial charge in [-0.05, 0) is 6.07 Å². The van der Waals surface area contributed by atoms with E-state index < -0.39 is 18.6 Å². The Morgan fingerprint density at radius 2 is 2.20 bits per heavy atom. The molecule has 82 valence electrons. The van der Waals surface area contributed by atoms with Gasteiger partial charge >= 0.3 is 6.18 Å². The lowest BCUT2D eigenvalue weighted by Crippen LogP contribution is -2.23. The second-order valence-electron chi connectivity index (χ2n) is 2.60. The average Bonchev–Trinajstić information content (AvgIpc) is 2.14. The van der Waals surface area contributed by atoms with Crippen molar-refractivity contribution < 1.29 is 18.0 Å². The SMILES string of the molecule is NC(=O)c1ccnc(NCC(F)(F)F)n1. The zero-order valence-corrected chi connectivity index (χ0v) is 7.38. The number of amides is 1. The molecule has 0 saturated heterocycles. The monoisotopic (exact) mass is 220 g/mol. The minimum Gasteiger partial charge on any atom is -0.364 e. The molecule has 0 spiro atoms. The van der Waals surface area contributed by atoms with Gasteiger partial charge in [0.05, 0.1) is 0 Å². The summed E-state index contributed by atoms with van der Waals surface area (Å²) >= 11 is 0. The van der Waals surface area contributed by atoms with Crippen LogP contribution >= 0.6 is 0 Å². The number of aromatic nitrogens is 2. The molecule has 0 saturated carbocycles. The van der Waals surface area contributed by atoms with E-state index in [-0.39, 0.29) is 11.6 Å². The van der Waals surface area contributed by atoms with Crippen LogP contribution in [0.15, 0.2) is 12.3 Å². The molecule has 8 heteroatoms. The van der Waals surface area contributed by atoms with Crippen molar-refractivity contribution in [3.63, 3.8) is 0 Å². The smallest absolute Gasteiger partial charge is 0.364 e. The van der Waals surface area contributed by atoms with E-state index in [0.717, 1.165) is 6.20 Å². The Hall–Kier alpha value is -1.86. The van der Waals surface area contributed by atoms with E-state index in [2.05, 4.69) is 9.97 Å². The van der Waals surface area contributed by atoms with Crippen molar-refractivity contribution >= 4 is 11.9 Å². The third kappa shape index (κ3) is 3.79. The number of nitrogens with two attached hydrogens (primary N) is 1. The van der Waals surface area contributed by atoms with Gasteiger partial charge in [0, 0.05) is 6.20 Å². The molecule has 0 aromatic carbocycles. The van der Waals surface area contributed by atoms with Crippen molar-refractivity contribution in [3.8, 4) is 0 Å². The molecule has 0 aliphatic heterocycles. The molecule has 0 bridgehead atoms. The predicted molar refractivity (Wildman–Crippen MR) is 45.1 cm³/mol. The molecule has 15 heavy (non-hydrogen) atoms. The Morgan fingerprint density at radius 3 is 2.73 bits per heavy atom. The zero-order valence-electron chi connectivity index (χ0n) is 7.38.